The molecule has 5 nitrogen and oxygen atoms in total. The Kier molecular flexibility index (Phi) is 5.43. The van der Waals surface area contributed by atoms with Crippen molar-refractivity contribution in [2.75, 3.05) is 6.54 Å². The van der Waals surface area contributed by atoms with Crippen molar-refractivity contribution < 1.29 is 9.18 Å². The van der Waals surface area contributed by atoms with E-state index in [1.54, 1.807) is 36.5 Å². The Morgan fingerprint density at radius 2 is 2.03 bits per heavy atom. The van der Waals surface area contributed by atoms with E-state index in [1.807, 2.05) is 11.0 Å². The van der Waals surface area contributed by atoms with Gasteiger partial charge in [0.15, 0.2) is 0 Å². The summed E-state index contributed by atoms with van der Waals surface area (Å²) in [7, 11) is 0. The van der Waals surface area contributed by atoms with E-state index < -0.39 is 5.56 Å². The highest BCUT2D eigenvalue weighted by atomic mass is 19.1. The Morgan fingerprint density at radius 1 is 1.21 bits per heavy atom. The smallest absolute Gasteiger partial charge is 0.265 e. The topological polar surface area (TPSA) is 55.2 Å². The number of rotatable bonds is 4. The number of likely N-dealkylation sites (tertiary alicyclic amines) is 1. The van der Waals surface area contributed by atoms with Gasteiger partial charge < -0.3 is 4.90 Å². The highest BCUT2D eigenvalue weighted by molar-refractivity contribution is 5.97. The standard InChI is InChI=1S/C23H24FN3O2/c1-2-18-10-5-6-13-26(18)22(28)19-14-16-9-7-12-25-21(16)27(23(19)29)15-17-8-3-4-11-20(17)24/h3-4,7-9,11-12,14,18H,2,5-6,10,13,15H2,1H3. The van der Waals surface area contributed by atoms with E-state index in [9.17, 15) is 14.0 Å². The second-order valence-electron chi connectivity index (χ2n) is 7.51. The molecule has 3 heterocycles. The predicted molar refractivity (Wildman–Crippen MR) is 110 cm³/mol. The van der Waals surface area contributed by atoms with E-state index in [1.165, 1.54) is 10.6 Å². The SMILES string of the molecule is CCC1CCCCN1C(=O)c1cc2cccnc2n(Cc2ccccc2F)c1=O. The molecule has 0 spiro atoms. The molecule has 3 aromatic rings. The molecule has 0 aliphatic carbocycles. The number of carbonyl (C=O) groups is 1. The van der Waals surface area contributed by atoms with Crippen LogP contribution in [-0.2, 0) is 6.54 Å². The molecule has 1 saturated heterocycles. The lowest BCUT2D eigenvalue weighted by molar-refractivity contribution is 0.0606. The zero-order valence-electron chi connectivity index (χ0n) is 16.5. The monoisotopic (exact) mass is 393 g/mol. The molecule has 6 heteroatoms. The van der Waals surface area contributed by atoms with E-state index >= 15 is 0 Å². The molecule has 1 aromatic carbocycles. The fraction of sp³-hybridized carbons (Fsp3) is 0.348. The summed E-state index contributed by atoms with van der Waals surface area (Å²) in [6.45, 7) is 2.75. The number of benzene rings is 1. The summed E-state index contributed by atoms with van der Waals surface area (Å²) >= 11 is 0. The Hall–Kier alpha value is -3.02. The summed E-state index contributed by atoms with van der Waals surface area (Å²) in [5.41, 5.74) is 0.533. The first-order chi connectivity index (χ1) is 14.1. The van der Waals surface area contributed by atoms with E-state index in [0.29, 0.717) is 23.1 Å². The molecule has 0 radical (unpaired) electrons. The molecule has 2 aromatic heterocycles. The van der Waals surface area contributed by atoms with Crippen LogP contribution in [0.25, 0.3) is 11.0 Å². The number of piperidine rings is 1. The van der Waals surface area contributed by atoms with Crippen molar-refractivity contribution in [2.24, 2.45) is 0 Å². The molecule has 1 unspecified atom stereocenters. The summed E-state index contributed by atoms with van der Waals surface area (Å²) in [5.74, 6) is -0.628. The minimum Gasteiger partial charge on any atom is -0.336 e. The van der Waals surface area contributed by atoms with Gasteiger partial charge >= 0.3 is 0 Å². The second kappa shape index (κ2) is 8.15. The van der Waals surface area contributed by atoms with Crippen molar-refractivity contribution in [3.63, 3.8) is 0 Å². The third kappa shape index (κ3) is 3.67. The number of hydrogen-bond acceptors (Lipinski definition) is 3. The van der Waals surface area contributed by atoms with Gasteiger partial charge in [-0.25, -0.2) is 9.37 Å². The maximum Gasteiger partial charge on any atom is 0.265 e. The Balaban J connectivity index is 1.83. The van der Waals surface area contributed by atoms with Gasteiger partial charge in [0.05, 0.1) is 6.54 Å². The first-order valence-electron chi connectivity index (χ1n) is 10.1. The molecule has 0 saturated carbocycles. The Morgan fingerprint density at radius 3 is 2.83 bits per heavy atom. The number of halogens is 1. The molecular weight excluding hydrogens is 369 g/mol. The van der Waals surface area contributed by atoms with Gasteiger partial charge in [-0.2, -0.15) is 0 Å². The minimum atomic E-state index is -0.426. The van der Waals surface area contributed by atoms with Crippen LogP contribution in [0, 0.1) is 5.82 Å². The maximum atomic E-state index is 14.2. The molecular formula is C23H24FN3O2. The van der Waals surface area contributed by atoms with Crippen molar-refractivity contribution in [1.29, 1.82) is 0 Å². The molecule has 1 fully saturated rings. The van der Waals surface area contributed by atoms with Crippen LogP contribution in [0.5, 0.6) is 0 Å². The fourth-order valence-electron chi connectivity index (χ4n) is 4.15. The highest BCUT2D eigenvalue weighted by Gasteiger charge is 2.28. The van der Waals surface area contributed by atoms with Gasteiger partial charge in [0.1, 0.15) is 17.0 Å². The van der Waals surface area contributed by atoms with Gasteiger partial charge in [-0.3, -0.25) is 14.2 Å². The Labute approximate surface area is 168 Å². The zero-order chi connectivity index (χ0) is 20.4. The normalized spacial score (nSPS) is 16.9. The van der Waals surface area contributed by atoms with Gasteiger partial charge in [-0.1, -0.05) is 25.1 Å². The highest BCUT2D eigenvalue weighted by Crippen LogP contribution is 2.22. The summed E-state index contributed by atoms with van der Waals surface area (Å²) in [4.78, 5) is 32.8. The largest absolute Gasteiger partial charge is 0.336 e. The lowest BCUT2D eigenvalue weighted by atomic mass is 9.99. The molecule has 0 N–H and O–H groups in total. The molecule has 1 atom stereocenters. The van der Waals surface area contributed by atoms with Crippen molar-refractivity contribution in [3.8, 4) is 0 Å². The van der Waals surface area contributed by atoms with Crippen molar-refractivity contribution >= 4 is 16.9 Å². The van der Waals surface area contributed by atoms with E-state index in [-0.39, 0.29) is 29.9 Å². The van der Waals surface area contributed by atoms with Crippen LogP contribution in [0.15, 0.2) is 53.5 Å². The van der Waals surface area contributed by atoms with Gasteiger partial charge in [0.25, 0.3) is 11.5 Å². The van der Waals surface area contributed by atoms with Crippen LogP contribution in [0.2, 0.25) is 0 Å². The van der Waals surface area contributed by atoms with Gasteiger partial charge in [0, 0.05) is 29.7 Å². The summed E-state index contributed by atoms with van der Waals surface area (Å²) in [6.07, 6.45) is 5.46. The Bertz CT molecular complexity index is 1110. The fourth-order valence-corrected chi connectivity index (χ4v) is 4.15. The van der Waals surface area contributed by atoms with Gasteiger partial charge in [-0.05, 0) is 49.9 Å². The summed E-state index contributed by atoms with van der Waals surface area (Å²) in [5, 5.41) is 0.692. The molecule has 150 valence electrons. The average Bonchev–Trinajstić information content (AvgIpc) is 2.76. The van der Waals surface area contributed by atoms with Crippen molar-refractivity contribution in [1.82, 2.24) is 14.5 Å². The van der Waals surface area contributed by atoms with Crippen molar-refractivity contribution in [3.05, 3.63) is 76.0 Å². The molecule has 0 bridgehead atoms. The first kappa shape index (κ1) is 19.3. The number of pyridine rings is 2. The number of aromatic nitrogens is 2. The molecule has 4 rings (SSSR count). The van der Waals surface area contributed by atoms with Crippen LogP contribution in [0.3, 0.4) is 0 Å². The number of carbonyl (C=O) groups excluding carboxylic acids is 1. The maximum absolute atomic E-state index is 14.2. The lowest BCUT2D eigenvalue weighted by Crippen LogP contribution is -2.45. The third-order valence-electron chi connectivity index (χ3n) is 5.72. The van der Waals surface area contributed by atoms with Crippen molar-refractivity contribution in [2.45, 2.75) is 45.2 Å². The quantitative estimate of drug-likeness (QED) is 0.674. The average molecular weight is 393 g/mol. The predicted octanol–water partition coefficient (Wildman–Crippen LogP) is 3.99. The molecule has 1 amide bonds. The van der Waals surface area contributed by atoms with E-state index in [0.717, 1.165) is 25.7 Å². The lowest BCUT2D eigenvalue weighted by Gasteiger charge is -2.35. The minimum absolute atomic E-state index is 0.0251. The van der Waals surface area contributed by atoms with E-state index in [2.05, 4.69) is 11.9 Å². The molecule has 29 heavy (non-hydrogen) atoms. The third-order valence-corrected chi connectivity index (χ3v) is 5.72. The summed E-state index contributed by atoms with van der Waals surface area (Å²) < 4.78 is 15.7. The van der Waals surface area contributed by atoms with E-state index in [4.69, 9.17) is 0 Å². The number of hydrogen-bond donors (Lipinski definition) is 0. The van der Waals surface area contributed by atoms with Crippen LogP contribution < -0.4 is 5.56 Å². The van der Waals surface area contributed by atoms with Crippen LogP contribution in [0.1, 0.15) is 48.5 Å². The second-order valence-corrected chi connectivity index (χ2v) is 7.51. The van der Waals surface area contributed by atoms with Crippen LogP contribution >= 0.6 is 0 Å². The van der Waals surface area contributed by atoms with Gasteiger partial charge in [-0.15, -0.1) is 0 Å². The molecule has 1 aliphatic heterocycles. The van der Waals surface area contributed by atoms with Gasteiger partial charge in [0.2, 0.25) is 0 Å². The van der Waals surface area contributed by atoms with Crippen LogP contribution in [-0.4, -0.2) is 32.9 Å². The zero-order valence-corrected chi connectivity index (χ0v) is 16.5. The number of amides is 1. The molecule has 1 aliphatic rings. The van der Waals surface area contributed by atoms with Crippen LogP contribution in [0.4, 0.5) is 4.39 Å². The number of nitrogens with zero attached hydrogens (tertiary/aromatic N) is 3. The summed E-state index contributed by atoms with van der Waals surface area (Å²) in [6, 6.07) is 11.7. The first-order valence-corrected chi connectivity index (χ1v) is 10.1. The number of fused-ring (bicyclic) bond motifs is 1.